The highest BCUT2D eigenvalue weighted by atomic mass is 16.5. The molecule has 1 aromatic carbocycles. The van der Waals surface area contributed by atoms with Crippen LogP contribution in [0.1, 0.15) is 58.9 Å². The smallest absolute Gasteiger partial charge is 0.196 e. The maximum atomic E-state index is 10.3. The predicted molar refractivity (Wildman–Crippen MR) is 131 cm³/mol. The zero-order chi connectivity index (χ0) is 22.9. The summed E-state index contributed by atoms with van der Waals surface area (Å²) in [7, 11) is 0. The SMILES string of the molecule is CCCCC1[CH-]C=C(CCc2ccc(O)c(OC[C@H](NCC)C3=C[C+](C(C)C)C=N3)c2)O1. The maximum absolute atomic E-state index is 10.3. The molecule has 0 saturated heterocycles. The van der Waals surface area contributed by atoms with E-state index in [1.165, 1.54) is 18.8 Å². The molecule has 0 amide bonds. The fourth-order valence-electron chi connectivity index (χ4n) is 3.86. The summed E-state index contributed by atoms with van der Waals surface area (Å²) in [5.74, 6) is 3.38. The summed E-state index contributed by atoms with van der Waals surface area (Å²) >= 11 is 0. The van der Waals surface area contributed by atoms with Crippen molar-refractivity contribution in [1.82, 2.24) is 5.32 Å². The van der Waals surface area contributed by atoms with Crippen LogP contribution in [0.25, 0.3) is 0 Å². The lowest BCUT2D eigenvalue weighted by molar-refractivity contribution is 0.147. The molecular weight excluding hydrogens is 400 g/mol. The van der Waals surface area contributed by atoms with Crippen molar-refractivity contribution >= 4 is 6.21 Å². The van der Waals surface area contributed by atoms with E-state index in [1.807, 2.05) is 18.3 Å². The van der Waals surface area contributed by atoms with E-state index in [4.69, 9.17) is 9.47 Å². The third kappa shape index (κ3) is 6.73. The Morgan fingerprint density at radius 1 is 1.28 bits per heavy atom. The van der Waals surface area contributed by atoms with Crippen molar-refractivity contribution in [2.45, 2.75) is 71.9 Å². The first-order valence-electron chi connectivity index (χ1n) is 12.0. The highest BCUT2D eigenvalue weighted by Gasteiger charge is 2.30. The Balaban J connectivity index is 1.55. The highest BCUT2D eigenvalue weighted by Crippen LogP contribution is 2.30. The van der Waals surface area contributed by atoms with Crippen LogP contribution >= 0.6 is 0 Å². The van der Waals surface area contributed by atoms with Gasteiger partial charge in [0, 0.05) is 12.0 Å². The number of likely N-dealkylation sites (N-methyl/N-ethyl adjacent to an activating group) is 1. The number of aromatic hydroxyl groups is 1. The number of benzene rings is 1. The van der Waals surface area contributed by atoms with Crippen LogP contribution in [0.2, 0.25) is 0 Å². The molecule has 1 aromatic rings. The number of nitrogens with one attached hydrogen (secondary N) is 1. The van der Waals surface area contributed by atoms with Crippen LogP contribution in [0.5, 0.6) is 11.5 Å². The van der Waals surface area contributed by atoms with Crippen LogP contribution in [0.3, 0.4) is 0 Å². The molecule has 5 heteroatoms. The molecule has 5 nitrogen and oxygen atoms in total. The number of ether oxygens (including phenoxy) is 2. The number of phenolic OH excluding ortho intramolecular Hbond substituents is 1. The number of nitrogens with zero attached hydrogens (tertiary/aromatic N) is 1. The molecule has 0 radical (unpaired) electrons. The average Bonchev–Trinajstić information content (AvgIpc) is 3.45. The Kier molecular flexibility index (Phi) is 8.98. The molecule has 0 fully saturated rings. The summed E-state index contributed by atoms with van der Waals surface area (Å²) < 4.78 is 12.1. The molecule has 2 aliphatic rings. The topological polar surface area (TPSA) is 63.1 Å². The maximum Gasteiger partial charge on any atom is 0.196 e. The first kappa shape index (κ1) is 24.1. The van der Waals surface area contributed by atoms with E-state index in [9.17, 15) is 5.11 Å². The van der Waals surface area contributed by atoms with E-state index in [-0.39, 0.29) is 17.9 Å². The van der Waals surface area contributed by atoms with Gasteiger partial charge in [0.05, 0.1) is 0 Å². The van der Waals surface area contributed by atoms with Crippen molar-refractivity contribution in [3.05, 3.63) is 59.7 Å². The fraction of sp³-hybridized carbons (Fsp3) is 0.519. The summed E-state index contributed by atoms with van der Waals surface area (Å²) in [6.07, 6.45) is 13.7. The third-order valence-corrected chi connectivity index (χ3v) is 5.88. The molecule has 3 rings (SSSR count). The quantitative estimate of drug-likeness (QED) is 0.396. The van der Waals surface area contributed by atoms with Gasteiger partial charge in [-0.05, 0) is 50.9 Å². The van der Waals surface area contributed by atoms with E-state index in [2.05, 4.69) is 56.6 Å². The van der Waals surface area contributed by atoms with Gasteiger partial charge < -0.3 is 14.6 Å². The lowest BCUT2D eigenvalue weighted by atomic mass is 9.97. The van der Waals surface area contributed by atoms with E-state index >= 15 is 0 Å². The highest BCUT2D eigenvalue weighted by molar-refractivity contribution is 5.83. The first-order valence-corrected chi connectivity index (χ1v) is 12.0. The van der Waals surface area contributed by atoms with Gasteiger partial charge in [0.15, 0.2) is 23.2 Å². The molecule has 174 valence electrons. The Morgan fingerprint density at radius 3 is 2.84 bits per heavy atom. The van der Waals surface area contributed by atoms with Crippen LogP contribution in [0.15, 0.2) is 46.8 Å². The second kappa shape index (κ2) is 11.9. The molecule has 0 bridgehead atoms. The summed E-state index contributed by atoms with van der Waals surface area (Å²) in [5.41, 5.74) is 2.10. The molecule has 0 saturated carbocycles. The van der Waals surface area contributed by atoms with Crippen molar-refractivity contribution in [3.8, 4) is 11.5 Å². The molecule has 2 N–H and O–H groups in total. The average molecular weight is 439 g/mol. The van der Waals surface area contributed by atoms with Crippen molar-refractivity contribution in [2.75, 3.05) is 13.2 Å². The standard InChI is InChI=1S/C27H38N2O3/c1-5-7-8-22-12-13-23(32-22)11-9-20-10-14-26(30)27(15-20)31-18-25(28-6-2)24-16-21(17-29-24)19(3)4/h10,12-17,19,22,25,28,30H,5-9,11,18H2,1-4H3/t22?,25-/m0/s1. The van der Waals surface area contributed by atoms with E-state index in [1.54, 1.807) is 6.07 Å². The van der Waals surface area contributed by atoms with Gasteiger partial charge in [-0.15, -0.1) is 4.99 Å². The van der Waals surface area contributed by atoms with Crippen LogP contribution < -0.4 is 10.1 Å². The van der Waals surface area contributed by atoms with Crippen molar-refractivity contribution in [1.29, 1.82) is 0 Å². The van der Waals surface area contributed by atoms with Gasteiger partial charge in [-0.1, -0.05) is 44.9 Å². The van der Waals surface area contributed by atoms with E-state index < -0.39 is 0 Å². The third-order valence-electron chi connectivity index (χ3n) is 5.88. The first-order chi connectivity index (χ1) is 15.5. The van der Waals surface area contributed by atoms with Gasteiger partial charge in [0.1, 0.15) is 24.8 Å². The molecule has 0 aromatic heterocycles. The van der Waals surface area contributed by atoms with Crippen molar-refractivity contribution in [2.24, 2.45) is 10.9 Å². The minimum absolute atomic E-state index is 0.0248. The Morgan fingerprint density at radius 2 is 2.12 bits per heavy atom. The molecule has 32 heavy (non-hydrogen) atoms. The summed E-state index contributed by atoms with van der Waals surface area (Å²) in [6.45, 7) is 9.82. The van der Waals surface area contributed by atoms with Gasteiger partial charge >= 0.3 is 0 Å². The Labute approximate surface area is 193 Å². The number of allylic oxidation sites excluding steroid dienone is 2. The number of aryl methyl sites for hydroxylation is 1. The van der Waals surface area contributed by atoms with E-state index in [0.717, 1.165) is 42.8 Å². The number of phenols is 1. The molecule has 2 aliphatic heterocycles. The van der Waals surface area contributed by atoms with Crippen LogP contribution in [0, 0.1) is 18.3 Å². The Hall–Kier alpha value is -2.53. The lowest BCUT2D eigenvalue weighted by Crippen LogP contribution is -2.35. The predicted octanol–water partition coefficient (Wildman–Crippen LogP) is 5.56. The Bertz CT molecular complexity index is 828. The number of hydrogen-bond acceptors (Lipinski definition) is 5. The van der Waals surface area contributed by atoms with Gasteiger partial charge in [-0.2, -0.15) is 12.5 Å². The van der Waals surface area contributed by atoms with Gasteiger partial charge in [-0.3, -0.25) is 5.32 Å². The number of aliphatic imine (C=N–C) groups is 1. The molecule has 0 spiro atoms. The molecule has 2 heterocycles. The summed E-state index contributed by atoms with van der Waals surface area (Å²) in [4.78, 5) is 4.58. The molecule has 0 aliphatic carbocycles. The second-order valence-corrected chi connectivity index (χ2v) is 8.83. The molecular formula is C27H38N2O3. The number of unbranched alkanes of at least 4 members (excludes halogenated alkanes) is 1. The number of rotatable bonds is 13. The van der Waals surface area contributed by atoms with Gasteiger partial charge in [0.25, 0.3) is 0 Å². The molecule has 2 atom stereocenters. The normalized spacial score (nSPS) is 18.4. The summed E-state index contributed by atoms with van der Waals surface area (Å²) in [5, 5.41) is 13.8. The van der Waals surface area contributed by atoms with Crippen LogP contribution in [0.4, 0.5) is 0 Å². The van der Waals surface area contributed by atoms with Crippen molar-refractivity contribution < 1.29 is 14.6 Å². The van der Waals surface area contributed by atoms with Gasteiger partial charge in [-0.25, -0.2) is 0 Å². The minimum Gasteiger partial charge on any atom is -0.592 e. The summed E-state index contributed by atoms with van der Waals surface area (Å²) in [6, 6.07) is 5.57. The largest absolute Gasteiger partial charge is 0.592 e. The molecule has 1 unspecified atom stereocenters. The van der Waals surface area contributed by atoms with E-state index in [0.29, 0.717) is 18.3 Å². The monoisotopic (exact) mass is 438 g/mol. The fourth-order valence-corrected chi connectivity index (χ4v) is 3.86. The van der Waals surface area contributed by atoms with Crippen LogP contribution in [-0.2, 0) is 11.2 Å². The van der Waals surface area contributed by atoms with Crippen LogP contribution in [-0.4, -0.2) is 36.6 Å². The van der Waals surface area contributed by atoms with Gasteiger partial charge in [0.2, 0.25) is 0 Å². The lowest BCUT2D eigenvalue weighted by Gasteiger charge is -2.21. The zero-order valence-electron chi connectivity index (χ0n) is 19.9. The number of hydrogen-bond donors (Lipinski definition) is 2. The zero-order valence-corrected chi connectivity index (χ0v) is 19.9. The van der Waals surface area contributed by atoms with Crippen molar-refractivity contribution in [3.63, 3.8) is 0 Å². The second-order valence-electron chi connectivity index (χ2n) is 8.83. The minimum atomic E-state index is -0.0248.